The van der Waals surface area contributed by atoms with Crippen molar-refractivity contribution in [1.82, 2.24) is 5.32 Å². The zero-order valence-corrected chi connectivity index (χ0v) is 18.6. The summed E-state index contributed by atoms with van der Waals surface area (Å²) in [5.41, 5.74) is 2.88. The maximum Gasteiger partial charge on any atom is 0.246 e. The van der Waals surface area contributed by atoms with Gasteiger partial charge in [0, 0.05) is 30.9 Å². The van der Waals surface area contributed by atoms with E-state index in [0.717, 1.165) is 42.2 Å². The first kappa shape index (κ1) is 22.0. The van der Waals surface area contributed by atoms with Gasteiger partial charge in [0.15, 0.2) is 11.5 Å². The summed E-state index contributed by atoms with van der Waals surface area (Å²) in [5.74, 6) is 1.12. The number of benzene rings is 2. The molecule has 32 heavy (non-hydrogen) atoms. The molecule has 1 unspecified atom stereocenters. The van der Waals surface area contributed by atoms with Gasteiger partial charge in [0.2, 0.25) is 18.6 Å². The summed E-state index contributed by atoms with van der Waals surface area (Å²) in [7, 11) is 0. The fourth-order valence-corrected chi connectivity index (χ4v) is 4.16. The minimum Gasteiger partial charge on any atom is -0.454 e. The molecular weight excluding hydrogens is 406 g/mol. The number of hydrogen-bond donors (Lipinski definition) is 2. The van der Waals surface area contributed by atoms with E-state index in [0.29, 0.717) is 25.0 Å². The number of amides is 2. The van der Waals surface area contributed by atoms with Gasteiger partial charge in [-0.1, -0.05) is 25.5 Å². The number of carbonyl (C=O) groups excluding carboxylic acids is 2. The van der Waals surface area contributed by atoms with Gasteiger partial charge >= 0.3 is 0 Å². The quantitative estimate of drug-likeness (QED) is 0.623. The Bertz CT molecular complexity index is 956. The monoisotopic (exact) mass is 437 g/mol. The van der Waals surface area contributed by atoms with E-state index in [4.69, 9.17) is 9.47 Å². The van der Waals surface area contributed by atoms with Crippen LogP contribution in [0.15, 0.2) is 42.5 Å². The van der Waals surface area contributed by atoms with E-state index in [9.17, 15) is 9.59 Å². The van der Waals surface area contributed by atoms with Gasteiger partial charge in [-0.3, -0.25) is 9.59 Å². The topological polar surface area (TPSA) is 79.9 Å². The molecule has 2 aromatic carbocycles. The summed E-state index contributed by atoms with van der Waals surface area (Å²) in [6.07, 6.45) is 4.67. The maximum atomic E-state index is 12.9. The lowest BCUT2D eigenvalue weighted by Gasteiger charge is -2.20. The summed E-state index contributed by atoms with van der Waals surface area (Å²) in [5, 5.41) is 5.90. The first-order valence-electron chi connectivity index (χ1n) is 11.5. The van der Waals surface area contributed by atoms with E-state index in [2.05, 4.69) is 21.6 Å². The van der Waals surface area contributed by atoms with E-state index in [1.807, 2.05) is 43.3 Å². The zero-order valence-electron chi connectivity index (χ0n) is 18.6. The van der Waals surface area contributed by atoms with Crippen LogP contribution in [0.1, 0.15) is 44.6 Å². The first-order valence-corrected chi connectivity index (χ1v) is 11.5. The molecule has 4 rings (SSSR count). The molecule has 0 radical (unpaired) electrons. The Morgan fingerprint density at radius 2 is 1.88 bits per heavy atom. The minimum absolute atomic E-state index is 0.137. The molecule has 0 saturated carbocycles. The Kier molecular flexibility index (Phi) is 7.14. The molecule has 0 bridgehead atoms. The van der Waals surface area contributed by atoms with Crippen molar-refractivity contribution >= 4 is 23.2 Å². The number of hydrogen-bond acceptors (Lipinski definition) is 5. The lowest BCUT2D eigenvalue weighted by atomic mass is 10.1. The molecule has 0 aliphatic carbocycles. The SMILES string of the molecule is CCCC(NC(=O)CCc1ccc2c(c1)OCO2)C(=O)Nc1cccc(N2CCCC2)c1. The van der Waals surface area contributed by atoms with Crippen LogP contribution in [0.2, 0.25) is 0 Å². The predicted octanol–water partition coefficient (Wildman–Crippen LogP) is 3.87. The average Bonchev–Trinajstić information content (AvgIpc) is 3.49. The zero-order chi connectivity index (χ0) is 22.3. The Labute approximate surface area is 189 Å². The van der Waals surface area contributed by atoms with Crippen LogP contribution in [-0.4, -0.2) is 37.7 Å². The second-order valence-electron chi connectivity index (χ2n) is 8.33. The molecule has 2 N–H and O–H groups in total. The van der Waals surface area contributed by atoms with Crippen LogP contribution >= 0.6 is 0 Å². The normalized spacial score (nSPS) is 15.5. The van der Waals surface area contributed by atoms with Gasteiger partial charge < -0.3 is 25.0 Å². The van der Waals surface area contributed by atoms with Crippen molar-refractivity contribution in [3.63, 3.8) is 0 Å². The standard InChI is InChI=1S/C25H31N3O4/c1-2-6-21(25(30)26-19-7-5-8-20(16-19)28-13-3-4-14-28)27-24(29)12-10-18-9-11-22-23(15-18)32-17-31-22/h5,7-9,11,15-16,21H,2-4,6,10,12-14,17H2,1H3,(H,26,30)(H,27,29). The highest BCUT2D eigenvalue weighted by molar-refractivity contribution is 5.97. The Morgan fingerprint density at radius 3 is 2.69 bits per heavy atom. The molecule has 2 heterocycles. The van der Waals surface area contributed by atoms with Crippen molar-refractivity contribution in [2.75, 3.05) is 30.1 Å². The highest BCUT2D eigenvalue weighted by Crippen LogP contribution is 2.32. The number of ether oxygens (including phenoxy) is 2. The predicted molar refractivity (Wildman–Crippen MR) is 124 cm³/mol. The number of nitrogens with one attached hydrogen (secondary N) is 2. The molecule has 1 atom stereocenters. The molecule has 1 fully saturated rings. The van der Waals surface area contributed by atoms with E-state index in [-0.39, 0.29) is 18.6 Å². The van der Waals surface area contributed by atoms with Crippen molar-refractivity contribution in [3.8, 4) is 11.5 Å². The summed E-state index contributed by atoms with van der Waals surface area (Å²) in [4.78, 5) is 27.8. The molecule has 7 heteroatoms. The lowest BCUT2D eigenvalue weighted by Crippen LogP contribution is -2.43. The van der Waals surface area contributed by atoms with Gasteiger partial charge in [-0.05, 0) is 61.6 Å². The molecule has 1 saturated heterocycles. The van der Waals surface area contributed by atoms with Crippen LogP contribution < -0.4 is 25.0 Å². The molecule has 2 aliphatic rings. The lowest BCUT2D eigenvalue weighted by molar-refractivity contribution is -0.126. The highest BCUT2D eigenvalue weighted by atomic mass is 16.7. The molecule has 2 amide bonds. The fourth-order valence-electron chi connectivity index (χ4n) is 4.16. The second-order valence-corrected chi connectivity index (χ2v) is 8.33. The highest BCUT2D eigenvalue weighted by Gasteiger charge is 2.21. The summed E-state index contributed by atoms with van der Waals surface area (Å²) < 4.78 is 10.7. The van der Waals surface area contributed by atoms with Crippen LogP contribution in [0.4, 0.5) is 11.4 Å². The number of nitrogens with zero attached hydrogens (tertiary/aromatic N) is 1. The second kappa shape index (κ2) is 10.4. The van der Waals surface area contributed by atoms with E-state index >= 15 is 0 Å². The van der Waals surface area contributed by atoms with Crippen molar-refractivity contribution < 1.29 is 19.1 Å². The average molecular weight is 438 g/mol. The van der Waals surface area contributed by atoms with Crippen LogP contribution in [-0.2, 0) is 16.0 Å². The molecule has 0 spiro atoms. The van der Waals surface area contributed by atoms with Crippen molar-refractivity contribution in [2.45, 2.75) is 51.5 Å². The molecule has 0 aromatic heterocycles. The molecule has 2 aliphatic heterocycles. The number of carbonyl (C=O) groups is 2. The third-order valence-electron chi connectivity index (χ3n) is 5.89. The number of rotatable bonds is 9. The number of anilines is 2. The van der Waals surface area contributed by atoms with Gasteiger partial charge in [0.25, 0.3) is 0 Å². The Morgan fingerprint density at radius 1 is 1.06 bits per heavy atom. The Hall–Kier alpha value is -3.22. The van der Waals surface area contributed by atoms with E-state index in [1.165, 1.54) is 12.8 Å². The van der Waals surface area contributed by atoms with E-state index in [1.54, 1.807) is 0 Å². The van der Waals surface area contributed by atoms with Crippen LogP contribution in [0.25, 0.3) is 0 Å². The minimum atomic E-state index is -0.556. The van der Waals surface area contributed by atoms with Gasteiger partial charge in [-0.25, -0.2) is 0 Å². The molecular formula is C25H31N3O4. The summed E-state index contributed by atoms with van der Waals surface area (Å²) >= 11 is 0. The first-order chi connectivity index (χ1) is 15.6. The molecule has 170 valence electrons. The van der Waals surface area contributed by atoms with Gasteiger partial charge in [0.1, 0.15) is 6.04 Å². The summed E-state index contributed by atoms with van der Waals surface area (Å²) in [6.45, 7) is 4.34. The third kappa shape index (κ3) is 5.52. The van der Waals surface area contributed by atoms with Crippen molar-refractivity contribution in [2.24, 2.45) is 0 Å². The summed E-state index contributed by atoms with van der Waals surface area (Å²) in [6, 6.07) is 13.1. The van der Waals surface area contributed by atoms with Crippen molar-refractivity contribution in [3.05, 3.63) is 48.0 Å². The largest absolute Gasteiger partial charge is 0.454 e. The van der Waals surface area contributed by atoms with Crippen molar-refractivity contribution in [1.29, 1.82) is 0 Å². The Balaban J connectivity index is 1.31. The van der Waals surface area contributed by atoms with Gasteiger partial charge in [-0.2, -0.15) is 0 Å². The van der Waals surface area contributed by atoms with Crippen LogP contribution in [0, 0.1) is 0 Å². The maximum absolute atomic E-state index is 12.9. The molecule has 7 nitrogen and oxygen atoms in total. The van der Waals surface area contributed by atoms with Crippen LogP contribution in [0.3, 0.4) is 0 Å². The number of aryl methyl sites for hydroxylation is 1. The van der Waals surface area contributed by atoms with Gasteiger partial charge in [0.05, 0.1) is 0 Å². The fraction of sp³-hybridized carbons (Fsp3) is 0.440. The van der Waals surface area contributed by atoms with E-state index < -0.39 is 6.04 Å². The molecule has 2 aromatic rings. The third-order valence-corrected chi connectivity index (χ3v) is 5.89. The van der Waals surface area contributed by atoms with Gasteiger partial charge in [-0.15, -0.1) is 0 Å². The van der Waals surface area contributed by atoms with Crippen LogP contribution in [0.5, 0.6) is 11.5 Å². The number of fused-ring (bicyclic) bond motifs is 1. The smallest absolute Gasteiger partial charge is 0.246 e.